The van der Waals surface area contributed by atoms with Gasteiger partial charge in [0, 0.05) is 16.3 Å². The maximum atomic E-state index is 14.6. The second-order valence-corrected chi connectivity index (χ2v) is 11.5. The highest BCUT2D eigenvalue weighted by Crippen LogP contribution is 2.56. The van der Waals surface area contributed by atoms with Gasteiger partial charge in [0.1, 0.15) is 7.14 Å². The largest absolute Gasteiger partial charge is 0.313 e. The molecule has 2 aromatic carbocycles. The van der Waals surface area contributed by atoms with E-state index in [2.05, 4.69) is 56.3 Å². The van der Waals surface area contributed by atoms with Gasteiger partial charge in [-0.2, -0.15) is 0 Å². The van der Waals surface area contributed by atoms with E-state index >= 15 is 0 Å². The molecule has 1 nitrogen and oxygen atoms in total. The number of fused-ring (bicyclic) bond motifs is 1. The van der Waals surface area contributed by atoms with Crippen LogP contribution in [0.1, 0.15) is 33.1 Å². The highest BCUT2D eigenvalue weighted by atomic mass is 31.2. The third kappa shape index (κ3) is 3.14. The molecule has 2 aliphatic rings. The zero-order valence-electron chi connectivity index (χ0n) is 15.6. The van der Waals surface area contributed by atoms with E-state index in [9.17, 15) is 4.57 Å². The van der Waals surface area contributed by atoms with Crippen molar-refractivity contribution < 1.29 is 4.57 Å². The average molecular weight is 362 g/mol. The van der Waals surface area contributed by atoms with Crippen molar-refractivity contribution in [2.24, 2.45) is 11.3 Å². The molecular weight excluding hydrogens is 335 g/mol. The van der Waals surface area contributed by atoms with Gasteiger partial charge in [-0.05, 0) is 36.2 Å². The minimum atomic E-state index is -2.67. The zero-order valence-corrected chi connectivity index (χ0v) is 16.5. The van der Waals surface area contributed by atoms with Crippen LogP contribution < -0.4 is 10.6 Å². The molecule has 2 aliphatic carbocycles. The smallest absolute Gasteiger partial charge is 0.146 e. The van der Waals surface area contributed by atoms with Gasteiger partial charge in [0.05, 0.1) is 0 Å². The van der Waals surface area contributed by atoms with Crippen LogP contribution in [-0.4, -0.2) is 5.66 Å². The molecule has 0 bridgehead atoms. The van der Waals surface area contributed by atoms with Crippen LogP contribution in [0.15, 0.2) is 84.5 Å². The maximum absolute atomic E-state index is 14.6. The number of hydrogen-bond acceptors (Lipinski definition) is 1. The summed E-state index contributed by atoms with van der Waals surface area (Å²) in [5, 5.41) is 2.00. The molecule has 26 heavy (non-hydrogen) atoms. The second-order valence-electron chi connectivity index (χ2n) is 8.38. The summed E-state index contributed by atoms with van der Waals surface area (Å²) in [6.07, 6.45) is 10.1. The molecule has 0 heterocycles. The van der Waals surface area contributed by atoms with Crippen molar-refractivity contribution in [1.29, 1.82) is 0 Å². The molecule has 0 amide bonds. The molecule has 0 fully saturated rings. The lowest BCUT2D eigenvalue weighted by Gasteiger charge is -2.39. The Kier molecular flexibility index (Phi) is 4.53. The lowest BCUT2D eigenvalue weighted by atomic mass is 9.71. The first-order valence-corrected chi connectivity index (χ1v) is 11.4. The predicted octanol–water partition coefficient (Wildman–Crippen LogP) is 5.69. The van der Waals surface area contributed by atoms with Gasteiger partial charge in [0.2, 0.25) is 0 Å². The molecule has 0 saturated carbocycles. The third-order valence-electron chi connectivity index (χ3n) is 5.95. The second kappa shape index (κ2) is 6.71. The minimum absolute atomic E-state index is 0.184. The molecule has 134 valence electrons. The van der Waals surface area contributed by atoms with Crippen molar-refractivity contribution in [3.63, 3.8) is 0 Å². The van der Waals surface area contributed by atoms with Crippen LogP contribution in [0.2, 0.25) is 0 Å². The van der Waals surface area contributed by atoms with Crippen LogP contribution in [-0.2, 0) is 4.57 Å². The van der Waals surface area contributed by atoms with Gasteiger partial charge in [0.25, 0.3) is 0 Å². The Morgan fingerprint density at radius 1 is 0.923 bits per heavy atom. The third-order valence-corrected chi connectivity index (χ3v) is 9.53. The molecular formula is C24H27OP. The van der Waals surface area contributed by atoms with Crippen LogP contribution >= 0.6 is 7.14 Å². The fraction of sp³-hybridized carbons (Fsp3) is 0.333. The average Bonchev–Trinajstić information content (AvgIpc) is 2.67. The number of benzene rings is 2. The van der Waals surface area contributed by atoms with E-state index < -0.39 is 7.14 Å². The van der Waals surface area contributed by atoms with E-state index in [1.54, 1.807) is 0 Å². The van der Waals surface area contributed by atoms with Crippen molar-refractivity contribution in [2.45, 2.75) is 38.8 Å². The van der Waals surface area contributed by atoms with Gasteiger partial charge >= 0.3 is 0 Å². The standard InChI is InChI=1S/C24H27OP/c1-24(2)16-15-19-13-14-23(17-20(19)18-24)26(25,21-9-5-3-6-10-21)22-11-7-4-8-12-22/h3-13,15-16,20,23H,14,17-18H2,1-2H3. The molecule has 2 heteroatoms. The van der Waals surface area contributed by atoms with Crippen LogP contribution in [0.3, 0.4) is 0 Å². The lowest BCUT2D eigenvalue weighted by Crippen LogP contribution is -2.32. The Balaban J connectivity index is 1.76. The first-order valence-electron chi connectivity index (χ1n) is 9.59. The van der Waals surface area contributed by atoms with Crippen molar-refractivity contribution in [3.8, 4) is 0 Å². The van der Waals surface area contributed by atoms with Crippen LogP contribution in [0, 0.1) is 11.3 Å². The SMILES string of the molecule is CC1(C)C=CC2=CCC(P(=O)(c3ccccc3)c3ccccc3)CC2C1. The predicted molar refractivity (Wildman–Crippen MR) is 112 cm³/mol. The topological polar surface area (TPSA) is 17.1 Å². The van der Waals surface area contributed by atoms with Gasteiger partial charge in [0.15, 0.2) is 0 Å². The molecule has 2 atom stereocenters. The Morgan fingerprint density at radius 2 is 1.50 bits per heavy atom. The molecule has 0 spiro atoms. The Labute approximate surface area is 157 Å². The van der Waals surface area contributed by atoms with E-state index in [4.69, 9.17) is 0 Å². The summed E-state index contributed by atoms with van der Waals surface area (Å²) in [6, 6.07) is 20.3. The summed E-state index contributed by atoms with van der Waals surface area (Å²) in [5.41, 5.74) is 1.87. The zero-order chi connectivity index (χ0) is 18.2. The van der Waals surface area contributed by atoms with E-state index in [1.807, 2.05) is 36.4 Å². The molecule has 0 aromatic heterocycles. The minimum Gasteiger partial charge on any atom is -0.313 e. The Morgan fingerprint density at radius 3 is 2.08 bits per heavy atom. The summed E-state index contributed by atoms with van der Waals surface area (Å²) in [5.74, 6) is 0.523. The first kappa shape index (κ1) is 17.6. The summed E-state index contributed by atoms with van der Waals surface area (Å²) in [4.78, 5) is 0. The summed E-state index contributed by atoms with van der Waals surface area (Å²) in [7, 11) is -2.67. The van der Waals surface area contributed by atoms with Crippen molar-refractivity contribution >= 4 is 17.8 Å². The highest BCUT2D eigenvalue weighted by molar-refractivity contribution is 7.79. The summed E-state index contributed by atoms with van der Waals surface area (Å²) < 4.78 is 14.6. The van der Waals surface area contributed by atoms with Crippen molar-refractivity contribution in [3.05, 3.63) is 84.5 Å². The molecule has 2 unspecified atom stereocenters. The van der Waals surface area contributed by atoms with Gasteiger partial charge in [-0.3, -0.25) is 0 Å². The van der Waals surface area contributed by atoms with Gasteiger partial charge in [-0.1, -0.05) is 92.7 Å². The first-order chi connectivity index (χ1) is 12.5. The Hall–Kier alpha value is -1.85. The quantitative estimate of drug-likeness (QED) is 0.641. The van der Waals surface area contributed by atoms with Gasteiger partial charge in [-0.25, -0.2) is 0 Å². The highest BCUT2D eigenvalue weighted by Gasteiger charge is 2.41. The number of rotatable bonds is 3. The summed E-state index contributed by atoms with van der Waals surface area (Å²) in [6.45, 7) is 4.61. The molecule has 2 aromatic rings. The van der Waals surface area contributed by atoms with Crippen LogP contribution in [0.25, 0.3) is 0 Å². The molecule has 0 radical (unpaired) electrons. The maximum Gasteiger partial charge on any atom is 0.146 e. The lowest BCUT2D eigenvalue weighted by molar-refractivity contribution is 0.327. The van der Waals surface area contributed by atoms with Gasteiger partial charge < -0.3 is 4.57 Å². The molecule has 0 saturated heterocycles. The number of hydrogen-bond donors (Lipinski definition) is 0. The number of allylic oxidation sites excluding steroid dienone is 4. The van der Waals surface area contributed by atoms with Crippen molar-refractivity contribution in [1.82, 2.24) is 0 Å². The Bertz CT molecular complexity index is 833. The van der Waals surface area contributed by atoms with E-state index in [0.29, 0.717) is 5.92 Å². The summed E-state index contributed by atoms with van der Waals surface area (Å²) >= 11 is 0. The molecule has 4 rings (SSSR count). The van der Waals surface area contributed by atoms with Crippen LogP contribution in [0.5, 0.6) is 0 Å². The van der Waals surface area contributed by atoms with E-state index in [-0.39, 0.29) is 11.1 Å². The monoisotopic (exact) mass is 362 g/mol. The van der Waals surface area contributed by atoms with Crippen LogP contribution in [0.4, 0.5) is 0 Å². The van der Waals surface area contributed by atoms with E-state index in [0.717, 1.165) is 29.9 Å². The normalized spacial score (nSPS) is 24.6. The molecule has 0 aliphatic heterocycles. The van der Waals surface area contributed by atoms with Crippen molar-refractivity contribution in [2.75, 3.05) is 0 Å². The fourth-order valence-electron chi connectivity index (χ4n) is 4.60. The molecule has 0 N–H and O–H groups in total. The van der Waals surface area contributed by atoms with Gasteiger partial charge in [-0.15, -0.1) is 0 Å². The van der Waals surface area contributed by atoms with E-state index in [1.165, 1.54) is 5.57 Å². The fourth-order valence-corrected chi connectivity index (χ4v) is 7.92.